The predicted octanol–water partition coefficient (Wildman–Crippen LogP) is 0.412. The zero-order valence-corrected chi connectivity index (χ0v) is 10.3. The van der Waals surface area contributed by atoms with Gasteiger partial charge < -0.3 is 16.0 Å². The van der Waals surface area contributed by atoms with Crippen molar-refractivity contribution in [2.24, 2.45) is 0 Å². The molecule has 1 saturated heterocycles. The van der Waals surface area contributed by atoms with Gasteiger partial charge in [0.1, 0.15) is 0 Å². The van der Waals surface area contributed by atoms with Crippen molar-refractivity contribution in [1.29, 1.82) is 0 Å². The monoisotopic (exact) mass is 247 g/mol. The fraction of sp³-hybridized carbons (Fsp3) is 0.385. The molecule has 0 aromatic heterocycles. The van der Waals surface area contributed by atoms with Gasteiger partial charge >= 0.3 is 0 Å². The normalized spacial score (nSPS) is 19.2. The summed E-state index contributed by atoms with van der Waals surface area (Å²) in [5.74, 6) is -0.264. The van der Waals surface area contributed by atoms with Crippen LogP contribution in [0.25, 0.3) is 0 Å². The predicted molar refractivity (Wildman–Crippen MR) is 69.2 cm³/mol. The van der Waals surface area contributed by atoms with Crippen molar-refractivity contribution in [3.05, 3.63) is 29.8 Å². The first-order valence-corrected chi connectivity index (χ1v) is 6.03. The second-order valence-corrected chi connectivity index (χ2v) is 4.36. The Kier molecular flexibility index (Phi) is 3.94. The van der Waals surface area contributed by atoms with Gasteiger partial charge in [-0.3, -0.25) is 9.59 Å². The van der Waals surface area contributed by atoms with Crippen LogP contribution in [0.3, 0.4) is 0 Å². The van der Waals surface area contributed by atoms with Gasteiger partial charge in [-0.1, -0.05) is 18.2 Å². The number of anilines is 1. The number of aryl methyl sites for hydroxylation is 1. The molecule has 3 N–H and O–H groups in total. The fourth-order valence-electron chi connectivity index (χ4n) is 1.91. The average molecular weight is 247 g/mol. The largest absolute Gasteiger partial charge is 0.353 e. The Morgan fingerprint density at radius 1 is 1.39 bits per heavy atom. The maximum atomic E-state index is 11.8. The van der Waals surface area contributed by atoms with E-state index in [2.05, 4.69) is 16.0 Å². The number of carbonyl (C=O) groups excluding carboxylic acids is 2. The highest BCUT2D eigenvalue weighted by Crippen LogP contribution is 2.13. The molecule has 1 heterocycles. The Balaban J connectivity index is 1.92. The lowest BCUT2D eigenvalue weighted by Crippen LogP contribution is -2.53. The number of hydrogen-bond acceptors (Lipinski definition) is 3. The molecule has 0 spiro atoms. The minimum atomic E-state index is -0.428. The summed E-state index contributed by atoms with van der Waals surface area (Å²) in [6.07, 6.45) is 0.153. The summed E-state index contributed by atoms with van der Waals surface area (Å²) >= 11 is 0. The van der Waals surface area contributed by atoms with Crippen molar-refractivity contribution in [3.8, 4) is 0 Å². The van der Waals surface area contributed by atoms with E-state index in [1.165, 1.54) is 0 Å². The number of benzene rings is 1. The van der Waals surface area contributed by atoms with Crippen LogP contribution >= 0.6 is 0 Å². The van der Waals surface area contributed by atoms with E-state index in [1.807, 2.05) is 31.2 Å². The highest BCUT2D eigenvalue weighted by atomic mass is 16.2. The SMILES string of the molecule is Cc1ccccc1NC(=O)C[C@@H]1NCCNC1=O. The number of rotatable bonds is 3. The third-order valence-electron chi connectivity index (χ3n) is 2.94. The van der Waals surface area contributed by atoms with Gasteiger partial charge in [-0.2, -0.15) is 0 Å². The summed E-state index contributed by atoms with van der Waals surface area (Å²) in [6.45, 7) is 3.25. The minimum absolute atomic E-state index is 0.110. The van der Waals surface area contributed by atoms with Gasteiger partial charge in [-0.15, -0.1) is 0 Å². The molecule has 18 heavy (non-hydrogen) atoms. The average Bonchev–Trinajstić information content (AvgIpc) is 2.35. The summed E-state index contributed by atoms with van der Waals surface area (Å²) in [4.78, 5) is 23.3. The Morgan fingerprint density at radius 3 is 2.89 bits per heavy atom. The molecule has 0 aliphatic carbocycles. The van der Waals surface area contributed by atoms with Crippen LogP contribution in [0.15, 0.2) is 24.3 Å². The number of amides is 2. The molecule has 0 saturated carbocycles. The zero-order chi connectivity index (χ0) is 13.0. The van der Waals surface area contributed by atoms with Crippen LogP contribution in [0.2, 0.25) is 0 Å². The standard InChI is InChI=1S/C13H17N3O2/c1-9-4-2-3-5-10(9)16-12(17)8-11-13(18)15-7-6-14-11/h2-5,11,14H,6-8H2,1H3,(H,15,18)(H,16,17)/t11-/m0/s1. The lowest BCUT2D eigenvalue weighted by Gasteiger charge is -2.23. The highest BCUT2D eigenvalue weighted by molar-refractivity contribution is 5.96. The van der Waals surface area contributed by atoms with E-state index in [4.69, 9.17) is 0 Å². The maximum Gasteiger partial charge on any atom is 0.237 e. The van der Waals surface area contributed by atoms with E-state index < -0.39 is 6.04 Å². The molecule has 1 aliphatic rings. The second-order valence-electron chi connectivity index (χ2n) is 4.36. The van der Waals surface area contributed by atoms with Gasteiger partial charge in [0.25, 0.3) is 0 Å². The topological polar surface area (TPSA) is 70.2 Å². The molecule has 1 aromatic carbocycles. The van der Waals surface area contributed by atoms with Crippen LogP contribution in [0.5, 0.6) is 0 Å². The number of carbonyl (C=O) groups is 2. The summed E-state index contributed by atoms with van der Waals surface area (Å²) in [5.41, 5.74) is 1.80. The molecule has 96 valence electrons. The smallest absolute Gasteiger partial charge is 0.237 e. The Labute approximate surface area is 106 Å². The molecule has 2 amide bonds. The van der Waals surface area contributed by atoms with E-state index in [0.29, 0.717) is 13.1 Å². The molecule has 1 fully saturated rings. The van der Waals surface area contributed by atoms with E-state index in [-0.39, 0.29) is 18.2 Å². The van der Waals surface area contributed by atoms with Crippen molar-refractivity contribution < 1.29 is 9.59 Å². The second kappa shape index (κ2) is 5.64. The molecular weight excluding hydrogens is 230 g/mol. The van der Waals surface area contributed by atoms with Crippen LogP contribution in [0, 0.1) is 6.92 Å². The first-order chi connectivity index (χ1) is 8.66. The third kappa shape index (κ3) is 3.07. The number of para-hydroxylation sites is 1. The van der Waals surface area contributed by atoms with Gasteiger partial charge in [-0.05, 0) is 18.6 Å². The Bertz CT molecular complexity index is 459. The number of hydrogen-bond donors (Lipinski definition) is 3. The Hall–Kier alpha value is -1.88. The summed E-state index contributed by atoms with van der Waals surface area (Å²) in [6, 6.07) is 7.14. The number of nitrogens with one attached hydrogen (secondary N) is 3. The molecule has 1 aliphatic heterocycles. The molecule has 0 radical (unpaired) electrons. The Morgan fingerprint density at radius 2 is 2.17 bits per heavy atom. The van der Waals surface area contributed by atoms with Crippen LogP contribution < -0.4 is 16.0 Å². The number of piperazine rings is 1. The van der Waals surface area contributed by atoms with Gasteiger partial charge in [-0.25, -0.2) is 0 Å². The van der Waals surface area contributed by atoms with Crippen molar-refractivity contribution >= 4 is 17.5 Å². The van der Waals surface area contributed by atoms with Gasteiger partial charge in [0.15, 0.2) is 0 Å². The van der Waals surface area contributed by atoms with Crippen molar-refractivity contribution in [2.75, 3.05) is 18.4 Å². The van der Waals surface area contributed by atoms with Crippen LogP contribution in [-0.2, 0) is 9.59 Å². The van der Waals surface area contributed by atoms with Crippen molar-refractivity contribution in [1.82, 2.24) is 10.6 Å². The zero-order valence-electron chi connectivity index (χ0n) is 10.3. The lowest BCUT2D eigenvalue weighted by molar-refractivity contribution is -0.127. The first-order valence-electron chi connectivity index (χ1n) is 6.03. The maximum absolute atomic E-state index is 11.8. The lowest BCUT2D eigenvalue weighted by atomic mass is 10.1. The molecular formula is C13H17N3O2. The van der Waals surface area contributed by atoms with E-state index in [9.17, 15) is 9.59 Å². The molecule has 5 heteroatoms. The van der Waals surface area contributed by atoms with Crippen LogP contribution in [0.1, 0.15) is 12.0 Å². The van der Waals surface area contributed by atoms with Gasteiger partial charge in [0.05, 0.1) is 12.5 Å². The molecule has 1 aromatic rings. The van der Waals surface area contributed by atoms with E-state index in [0.717, 1.165) is 11.3 Å². The molecule has 5 nitrogen and oxygen atoms in total. The highest BCUT2D eigenvalue weighted by Gasteiger charge is 2.24. The molecule has 0 bridgehead atoms. The van der Waals surface area contributed by atoms with Crippen molar-refractivity contribution in [2.45, 2.75) is 19.4 Å². The molecule has 2 rings (SSSR count). The summed E-state index contributed by atoms with van der Waals surface area (Å²) < 4.78 is 0. The summed E-state index contributed by atoms with van der Waals surface area (Å²) in [5, 5.41) is 8.58. The minimum Gasteiger partial charge on any atom is -0.353 e. The summed E-state index contributed by atoms with van der Waals surface area (Å²) in [7, 11) is 0. The first kappa shape index (κ1) is 12.6. The fourth-order valence-corrected chi connectivity index (χ4v) is 1.91. The molecule has 1 atom stereocenters. The van der Waals surface area contributed by atoms with Gasteiger partial charge in [0, 0.05) is 18.8 Å². The van der Waals surface area contributed by atoms with Gasteiger partial charge in [0.2, 0.25) is 11.8 Å². The quantitative estimate of drug-likeness (QED) is 0.724. The third-order valence-corrected chi connectivity index (χ3v) is 2.94. The molecule has 0 unspecified atom stereocenters. The van der Waals surface area contributed by atoms with Crippen molar-refractivity contribution in [3.63, 3.8) is 0 Å². The van der Waals surface area contributed by atoms with Crippen LogP contribution in [0.4, 0.5) is 5.69 Å². The van der Waals surface area contributed by atoms with Crippen LogP contribution in [-0.4, -0.2) is 30.9 Å². The van der Waals surface area contributed by atoms with E-state index >= 15 is 0 Å². The van der Waals surface area contributed by atoms with E-state index in [1.54, 1.807) is 0 Å².